The van der Waals surface area contributed by atoms with Crippen molar-refractivity contribution in [2.75, 3.05) is 11.4 Å². The first-order chi connectivity index (χ1) is 9.06. The molecule has 100 valence electrons. The van der Waals surface area contributed by atoms with Gasteiger partial charge in [-0.2, -0.15) is 0 Å². The van der Waals surface area contributed by atoms with Crippen molar-refractivity contribution in [3.63, 3.8) is 0 Å². The highest BCUT2D eigenvalue weighted by Gasteiger charge is 2.43. The highest BCUT2D eigenvalue weighted by atomic mass is 35.5. The van der Waals surface area contributed by atoms with Crippen LogP contribution in [0.5, 0.6) is 0 Å². The molecule has 1 N–H and O–H groups in total. The van der Waals surface area contributed by atoms with Crippen molar-refractivity contribution in [1.82, 2.24) is 5.32 Å². The average molecular weight is 283 g/mol. The van der Waals surface area contributed by atoms with Gasteiger partial charge in [0.2, 0.25) is 11.8 Å². The van der Waals surface area contributed by atoms with Crippen LogP contribution in [0.2, 0.25) is 5.02 Å². The van der Waals surface area contributed by atoms with Crippen molar-refractivity contribution in [2.45, 2.75) is 18.9 Å². The predicted octanol–water partition coefficient (Wildman–Crippen LogP) is 1.72. The Kier molecular flexibility index (Phi) is 2.93. The molecule has 1 saturated carbocycles. The second-order valence-electron chi connectivity index (χ2n) is 4.90. The molecular weight excluding hydrogens is 271 g/mol. The monoisotopic (exact) mass is 282 g/mol. The standard InChI is InChI=1S/C13H12ClFN2O2/c14-8-3-4-9(15)10(5-8)17-6-11(18)16-12(13(17)19)7-1-2-7/h3-5,7,12H,1-2,6H2,(H,16,18). The van der Waals surface area contributed by atoms with E-state index in [1.807, 2.05) is 0 Å². The molecule has 1 atom stereocenters. The van der Waals surface area contributed by atoms with E-state index in [1.54, 1.807) is 0 Å². The van der Waals surface area contributed by atoms with Crippen molar-refractivity contribution >= 4 is 29.1 Å². The second kappa shape index (κ2) is 4.49. The van der Waals surface area contributed by atoms with Crippen LogP contribution in [0.25, 0.3) is 0 Å². The third-order valence-electron chi connectivity index (χ3n) is 3.44. The maximum Gasteiger partial charge on any atom is 0.250 e. The van der Waals surface area contributed by atoms with Gasteiger partial charge in [0.15, 0.2) is 0 Å². The zero-order valence-corrected chi connectivity index (χ0v) is 10.8. The molecule has 0 radical (unpaired) electrons. The molecule has 2 aliphatic rings. The second-order valence-corrected chi connectivity index (χ2v) is 5.34. The highest BCUT2D eigenvalue weighted by molar-refractivity contribution is 6.31. The van der Waals surface area contributed by atoms with Gasteiger partial charge in [0, 0.05) is 5.02 Å². The summed E-state index contributed by atoms with van der Waals surface area (Å²) in [4.78, 5) is 25.2. The van der Waals surface area contributed by atoms with E-state index in [-0.39, 0.29) is 30.0 Å². The van der Waals surface area contributed by atoms with Gasteiger partial charge in [-0.15, -0.1) is 0 Å². The Morgan fingerprint density at radius 3 is 2.74 bits per heavy atom. The number of carbonyl (C=O) groups is 2. The quantitative estimate of drug-likeness (QED) is 0.898. The molecule has 1 aromatic rings. The lowest BCUT2D eigenvalue weighted by molar-refractivity contribution is -0.131. The van der Waals surface area contributed by atoms with Crippen LogP contribution in [-0.2, 0) is 9.59 Å². The fraction of sp³-hybridized carbons (Fsp3) is 0.385. The van der Waals surface area contributed by atoms with E-state index in [1.165, 1.54) is 23.1 Å². The molecule has 1 aliphatic heterocycles. The van der Waals surface area contributed by atoms with Gasteiger partial charge in [0.25, 0.3) is 0 Å². The molecule has 0 spiro atoms. The largest absolute Gasteiger partial charge is 0.342 e. The summed E-state index contributed by atoms with van der Waals surface area (Å²) in [6, 6.07) is 3.45. The molecule has 1 aromatic carbocycles. The molecule has 0 aromatic heterocycles. The molecule has 0 bridgehead atoms. The summed E-state index contributed by atoms with van der Waals surface area (Å²) in [5.74, 6) is -0.900. The van der Waals surface area contributed by atoms with E-state index >= 15 is 0 Å². The highest BCUT2D eigenvalue weighted by Crippen LogP contribution is 2.35. The van der Waals surface area contributed by atoms with E-state index < -0.39 is 11.9 Å². The molecule has 2 amide bonds. The van der Waals surface area contributed by atoms with Gasteiger partial charge in [-0.3, -0.25) is 14.5 Å². The van der Waals surface area contributed by atoms with Crippen LogP contribution < -0.4 is 10.2 Å². The Morgan fingerprint density at radius 2 is 2.05 bits per heavy atom. The summed E-state index contributed by atoms with van der Waals surface area (Å²) >= 11 is 5.83. The summed E-state index contributed by atoms with van der Waals surface area (Å²) in [5, 5.41) is 3.01. The molecule has 2 fully saturated rings. The summed E-state index contributed by atoms with van der Waals surface area (Å²) < 4.78 is 13.8. The van der Waals surface area contributed by atoms with Crippen molar-refractivity contribution in [3.05, 3.63) is 29.0 Å². The van der Waals surface area contributed by atoms with E-state index in [9.17, 15) is 14.0 Å². The average Bonchev–Trinajstić information content (AvgIpc) is 3.19. The van der Waals surface area contributed by atoms with Crippen molar-refractivity contribution in [2.24, 2.45) is 5.92 Å². The zero-order valence-electron chi connectivity index (χ0n) is 10.0. The van der Waals surface area contributed by atoms with Gasteiger partial charge in [-0.1, -0.05) is 11.6 Å². The van der Waals surface area contributed by atoms with Gasteiger partial charge in [-0.05, 0) is 37.0 Å². The van der Waals surface area contributed by atoms with Gasteiger partial charge < -0.3 is 5.32 Å². The molecule has 19 heavy (non-hydrogen) atoms. The molecule has 3 rings (SSSR count). The third kappa shape index (κ3) is 2.30. The van der Waals surface area contributed by atoms with Gasteiger partial charge in [0.1, 0.15) is 18.4 Å². The fourth-order valence-corrected chi connectivity index (χ4v) is 2.48. The van der Waals surface area contributed by atoms with Gasteiger partial charge in [-0.25, -0.2) is 4.39 Å². The first-order valence-corrected chi connectivity index (χ1v) is 6.50. The first-order valence-electron chi connectivity index (χ1n) is 6.12. The smallest absolute Gasteiger partial charge is 0.250 e. The topological polar surface area (TPSA) is 49.4 Å². The molecule has 6 heteroatoms. The first kappa shape index (κ1) is 12.4. The zero-order chi connectivity index (χ0) is 13.6. The van der Waals surface area contributed by atoms with Gasteiger partial charge in [0.05, 0.1) is 5.69 Å². The lowest BCUT2D eigenvalue weighted by atomic mass is 10.1. The lowest BCUT2D eigenvalue weighted by Crippen LogP contribution is -2.59. The Balaban J connectivity index is 1.95. The summed E-state index contributed by atoms with van der Waals surface area (Å²) in [7, 11) is 0. The van der Waals surface area contributed by atoms with Crippen LogP contribution in [0.1, 0.15) is 12.8 Å². The number of nitrogens with one attached hydrogen (secondary N) is 1. The number of benzene rings is 1. The molecular formula is C13H12ClFN2O2. The van der Waals surface area contributed by atoms with Crippen LogP contribution in [0.3, 0.4) is 0 Å². The minimum atomic E-state index is -0.554. The van der Waals surface area contributed by atoms with Crippen molar-refractivity contribution < 1.29 is 14.0 Å². The van der Waals surface area contributed by atoms with Crippen LogP contribution in [0, 0.1) is 11.7 Å². The summed E-state index contributed by atoms with van der Waals surface area (Å²) in [6.07, 6.45) is 1.84. The van der Waals surface area contributed by atoms with Gasteiger partial charge >= 0.3 is 0 Å². The molecule has 1 unspecified atom stereocenters. The third-order valence-corrected chi connectivity index (χ3v) is 3.68. The Bertz CT molecular complexity index is 560. The lowest BCUT2D eigenvalue weighted by Gasteiger charge is -2.32. The van der Waals surface area contributed by atoms with Crippen LogP contribution in [0.4, 0.5) is 10.1 Å². The van der Waals surface area contributed by atoms with Crippen LogP contribution in [0.15, 0.2) is 18.2 Å². The van der Waals surface area contributed by atoms with E-state index in [0.717, 1.165) is 12.8 Å². The van der Waals surface area contributed by atoms with Crippen molar-refractivity contribution in [1.29, 1.82) is 0 Å². The van der Waals surface area contributed by atoms with Crippen LogP contribution >= 0.6 is 11.6 Å². The summed E-state index contributed by atoms with van der Waals surface area (Å²) in [6.45, 7) is -0.167. The number of halogens is 2. The number of hydrogen-bond donors (Lipinski definition) is 1. The van der Waals surface area contributed by atoms with Crippen molar-refractivity contribution in [3.8, 4) is 0 Å². The number of carbonyl (C=O) groups excluding carboxylic acids is 2. The maximum absolute atomic E-state index is 13.8. The Hall–Kier alpha value is -1.62. The fourth-order valence-electron chi connectivity index (χ4n) is 2.32. The Morgan fingerprint density at radius 1 is 1.32 bits per heavy atom. The van der Waals surface area contributed by atoms with Crippen LogP contribution in [-0.4, -0.2) is 24.4 Å². The van der Waals surface area contributed by atoms with E-state index in [0.29, 0.717) is 5.02 Å². The normalized spacial score (nSPS) is 23.5. The summed E-state index contributed by atoms with van der Waals surface area (Å²) in [5.41, 5.74) is 0.0676. The minimum Gasteiger partial charge on any atom is -0.342 e. The number of amides is 2. The number of rotatable bonds is 2. The minimum absolute atomic E-state index is 0.0676. The van der Waals surface area contributed by atoms with E-state index in [2.05, 4.69) is 5.32 Å². The number of anilines is 1. The van der Waals surface area contributed by atoms with E-state index in [4.69, 9.17) is 11.6 Å². The SMILES string of the molecule is O=C1CN(c2cc(Cl)ccc2F)C(=O)C(C2CC2)N1. The molecule has 1 heterocycles. The number of hydrogen-bond acceptors (Lipinski definition) is 2. The molecule has 4 nitrogen and oxygen atoms in total. The molecule has 1 aliphatic carbocycles. The molecule has 1 saturated heterocycles. The number of nitrogens with zero attached hydrogens (tertiary/aromatic N) is 1. The predicted molar refractivity (Wildman–Crippen MR) is 68.4 cm³/mol. The maximum atomic E-state index is 13.8. The Labute approximate surface area is 114 Å². The number of piperazine rings is 1.